The van der Waals surface area contributed by atoms with E-state index in [2.05, 4.69) is 19.1 Å². The van der Waals surface area contributed by atoms with Gasteiger partial charge in [0.1, 0.15) is 24.9 Å². The van der Waals surface area contributed by atoms with Crippen molar-refractivity contribution < 1.29 is 37.3 Å². The summed E-state index contributed by atoms with van der Waals surface area (Å²) in [6.07, 6.45) is 19.1. The number of rotatable bonds is 29. The number of hydrogen-bond donors (Lipinski definition) is 1. The first kappa shape index (κ1) is 45.3. The predicted octanol–water partition coefficient (Wildman–Crippen LogP) is 10.8. The van der Waals surface area contributed by atoms with E-state index in [9.17, 15) is 14.3 Å². The van der Waals surface area contributed by atoms with Crippen molar-refractivity contribution in [2.75, 3.05) is 47.5 Å². The lowest BCUT2D eigenvalue weighted by atomic mass is 9.80. The maximum absolute atomic E-state index is 13.2. The van der Waals surface area contributed by atoms with E-state index in [0.29, 0.717) is 17.4 Å². The first-order chi connectivity index (χ1) is 26.1. The molecule has 0 bridgehead atoms. The molecule has 0 aliphatic rings. The van der Waals surface area contributed by atoms with Crippen LogP contribution in [0.5, 0.6) is 0 Å². The van der Waals surface area contributed by atoms with E-state index >= 15 is 0 Å². The van der Waals surface area contributed by atoms with Gasteiger partial charge in [-0.25, -0.2) is 4.57 Å². The third kappa shape index (κ3) is 17.6. The smallest absolute Gasteiger partial charge is 0.457 e. The molecule has 0 aromatic heterocycles. The minimum absolute atomic E-state index is 0.0346. The zero-order valence-electron chi connectivity index (χ0n) is 33.4. The number of carbonyl (C=O) groups is 1. The normalized spacial score (nSPS) is 13.9. The molecule has 3 aromatic rings. The fourth-order valence-corrected chi connectivity index (χ4v) is 7.07. The number of carbonyl (C=O) groups excluding carboxylic acids is 1. The number of ether oxygens (including phenoxy) is 2. The Morgan fingerprint density at radius 3 is 1.63 bits per heavy atom. The Morgan fingerprint density at radius 2 is 1.15 bits per heavy atom. The molecule has 298 valence electrons. The van der Waals surface area contributed by atoms with E-state index < -0.39 is 25.5 Å². The Balaban J connectivity index is 1.62. The summed E-state index contributed by atoms with van der Waals surface area (Å²) in [6.45, 7) is 2.33. The van der Waals surface area contributed by atoms with Gasteiger partial charge < -0.3 is 18.9 Å². The average molecular weight is 765 g/mol. The van der Waals surface area contributed by atoms with Crippen LogP contribution in [-0.4, -0.2) is 69.0 Å². The Bertz CT molecular complexity index is 1400. The fraction of sp³-hybridized carbons (Fsp3) is 0.533. The van der Waals surface area contributed by atoms with Crippen LogP contribution in [0.1, 0.15) is 114 Å². The van der Waals surface area contributed by atoms with Crippen molar-refractivity contribution in [3.8, 4) is 0 Å². The summed E-state index contributed by atoms with van der Waals surface area (Å²) < 4.78 is 37.0. The summed E-state index contributed by atoms with van der Waals surface area (Å²) in [5, 5.41) is 0. The van der Waals surface area contributed by atoms with Gasteiger partial charge in [0, 0.05) is 6.42 Å². The minimum atomic E-state index is -4.43. The molecular weight excluding hydrogens is 697 g/mol. The van der Waals surface area contributed by atoms with E-state index in [1.165, 1.54) is 44.9 Å². The second-order valence-electron chi connectivity index (χ2n) is 15.1. The van der Waals surface area contributed by atoms with Gasteiger partial charge >= 0.3 is 13.8 Å². The summed E-state index contributed by atoms with van der Waals surface area (Å²) >= 11 is 0. The topological polar surface area (TPSA) is 91.3 Å². The van der Waals surface area contributed by atoms with Crippen molar-refractivity contribution in [1.29, 1.82) is 0 Å². The molecule has 3 rings (SSSR count). The number of unbranched alkanes of at least 4 members (excludes halogenated alkanes) is 11. The van der Waals surface area contributed by atoms with Crippen molar-refractivity contribution >= 4 is 13.8 Å². The first-order valence-corrected chi connectivity index (χ1v) is 21.6. The number of phosphoric ester groups is 1. The second kappa shape index (κ2) is 25.1. The van der Waals surface area contributed by atoms with E-state index in [4.69, 9.17) is 18.5 Å². The summed E-state index contributed by atoms with van der Waals surface area (Å²) in [6, 6.07) is 29.7. The summed E-state index contributed by atoms with van der Waals surface area (Å²) in [4.78, 5) is 23.7. The minimum Gasteiger partial charge on any atom is -0.457 e. The zero-order chi connectivity index (χ0) is 39.0. The summed E-state index contributed by atoms with van der Waals surface area (Å²) in [5.74, 6) is -0.395. The SMILES string of the molecule is CCCCCCCCC=CCCCCCCCC(=O)O[C@H](COC(c1ccccc1)(c1ccccc1)c1ccccc1)COP(=O)(O)OCC[N+](C)(C)C. The van der Waals surface area contributed by atoms with Crippen LogP contribution in [0.3, 0.4) is 0 Å². The molecule has 0 aliphatic carbocycles. The third-order valence-electron chi connectivity index (χ3n) is 9.41. The highest BCUT2D eigenvalue weighted by Crippen LogP contribution is 2.44. The van der Waals surface area contributed by atoms with Crippen LogP contribution in [-0.2, 0) is 33.5 Å². The molecule has 0 fully saturated rings. The van der Waals surface area contributed by atoms with Gasteiger partial charge in [0.2, 0.25) is 0 Å². The maximum Gasteiger partial charge on any atom is 0.472 e. The lowest BCUT2D eigenvalue weighted by Gasteiger charge is -2.37. The highest BCUT2D eigenvalue weighted by Gasteiger charge is 2.39. The fourth-order valence-electron chi connectivity index (χ4n) is 6.33. The molecule has 8 nitrogen and oxygen atoms in total. The number of allylic oxidation sites excluding steroid dienone is 2. The highest BCUT2D eigenvalue weighted by atomic mass is 31.2. The lowest BCUT2D eigenvalue weighted by molar-refractivity contribution is -0.870. The highest BCUT2D eigenvalue weighted by molar-refractivity contribution is 7.47. The predicted molar refractivity (Wildman–Crippen MR) is 219 cm³/mol. The van der Waals surface area contributed by atoms with E-state index in [-0.39, 0.29) is 26.2 Å². The van der Waals surface area contributed by atoms with Crippen LogP contribution in [0, 0.1) is 0 Å². The average Bonchev–Trinajstić information content (AvgIpc) is 3.16. The summed E-state index contributed by atoms with van der Waals surface area (Å²) in [5.41, 5.74) is 1.59. The van der Waals surface area contributed by atoms with Crippen LogP contribution >= 0.6 is 7.82 Å². The Kier molecular flexibility index (Phi) is 21.1. The van der Waals surface area contributed by atoms with Gasteiger partial charge in [0.25, 0.3) is 0 Å². The molecule has 54 heavy (non-hydrogen) atoms. The third-order valence-corrected chi connectivity index (χ3v) is 10.4. The quantitative estimate of drug-likeness (QED) is 0.0188. The number of quaternary nitrogens is 1. The number of nitrogens with zero attached hydrogens (tertiary/aromatic N) is 1. The van der Waals surface area contributed by atoms with E-state index in [1.54, 1.807) is 0 Å². The molecule has 9 heteroatoms. The molecule has 0 spiro atoms. The monoisotopic (exact) mass is 764 g/mol. The molecule has 0 aliphatic heterocycles. The molecule has 2 atom stereocenters. The molecule has 1 unspecified atom stereocenters. The lowest BCUT2D eigenvalue weighted by Crippen LogP contribution is -2.38. The molecule has 0 saturated carbocycles. The molecule has 1 N–H and O–H groups in total. The molecule has 0 heterocycles. The van der Waals surface area contributed by atoms with E-state index in [0.717, 1.165) is 48.8 Å². The molecular formula is C45H67NO7P+. The van der Waals surface area contributed by atoms with E-state index in [1.807, 2.05) is 112 Å². The second-order valence-corrected chi connectivity index (χ2v) is 16.6. The van der Waals surface area contributed by atoms with Gasteiger partial charge in [0.05, 0.1) is 34.4 Å². The molecule has 0 radical (unpaired) electrons. The molecule has 3 aromatic carbocycles. The van der Waals surface area contributed by atoms with Crippen molar-refractivity contribution in [2.24, 2.45) is 0 Å². The van der Waals surface area contributed by atoms with Gasteiger partial charge in [-0.05, 0) is 48.8 Å². The largest absolute Gasteiger partial charge is 0.472 e. The van der Waals surface area contributed by atoms with Gasteiger partial charge in [-0.15, -0.1) is 0 Å². The van der Waals surface area contributed by atoms with Gasteiger partial charge in [-0.2, -0.15) is 0 Å². The number of likely N-dealkylation sites (N-methyl/N-ethyl adjacent to an activating group) is 1. The van der Waals surface area contributed by atoms with Crippen LogP contribution in [0.2, 0.25) is 0 Å². The van der Waals surface area contributed by atoms with Gasteiger partial charge in [-0.1, -0.05) is 161 Å². The molecule has 0 amide bonds. The van der Waals surface area contributed by atoms with Crippen LogP contribution in [0.15, 0.2) is 103 Å². The maximum atomic E-state index is 13.2. The Morgan fingerprint density at radius 1 is 0.685 bits per heavy atom. The van der Waals surface area contributed by atoms with Gasteiger partial charge in [-0.3, -0.25) is 13.8 Å². The van der Waals surface area contributed by atoms with Crippen LogP contribution < -0.4 is 0 Å². The number of esters is 1. The number of benzene rings is 3. The van der Waals surface area contributed by atoms with Crippen molar-refractivity contribution in [1.82, 2.24) is 0 Å². The zero-order valence-corrected chi connectivity index (χ0v) is 34.3. The number of phosphoric acid groups is 1. The summed E-state index contributed by atoms with van der Waals surface area (Å²) in [7, 11) is 1.47. The molecule has 0 saturated heterocycles. The Hall–Kier alpha value is -3.10. The Labute approximate surface area is 326 Å². The standard InChI is InChI=1S/C45H66NO7P/c1-5-6-7-8-9-10-11-12-13-14-15-16-17-18-28-35-44(47)53-43(39-52-54(48,49)51-37-36-46(2,3)4)38-50-45(40-29-22-19-23-30-40,41-31-24-20-25-32-41)42-33-26-21-27-34-42/h12-13,19-27,29-34,43H,5-11,14-18,28,35-39H2,1-4H3/p+1/t43-/m1/s1. The van der Waals surface area contributed by atoms with Crippen molar-refractivity contribution in [3.05, 3.63) is 120 Å². The first-order valence-electron chi connectivity index (χ1n) is 20.1. The number of hydrogen-bond acceptors (Lipinski definition) is 6. The van der Waals surface area contributed by atoms with Crippen molar-refractivity contribution in [2.45, 2.75) is 109 Å². The van der Waals surface area contributed by atoms with Crippen LogP contribution in [0.25, 0.3) is 0 Å². The van der Waals surface area contributed by atoms with Gasteiger partial charge in [0.15, 0.2) is 0 Å². The van der Waals surface area contributed by atoms with Crippen LogP contribution in [0.4, 0.5) is 0 Å². The van der Waals surface area contributed by atoms with Crippen molar-refractivity contribution in [3.63, 3.8) is 0 Å².